The van der Waals surface area contributed by atoms with Crippen LogP contribution >= 0.6 is 0 Å². The van der Waals surface area contributed by atoms with Crippen molar-refractivity contribution >= 4 is 5.91 Å². The quantitative estimate of drug-likeness (QED) is 0.663. The number of rotatable bonds is 7. The summed E-state index contributed by atoms with van der Waals surface area (Å²) in [5.41, 5.74) is 10.8. The van der Waals surface area contributed by atoms with E-state index in [1.54, 1.807) is 4.68 Å². The van der Waals surface area contributed by atoms with Gasteiger partial charge in [-0.3, -0.25) is 14.3 Å². The summed E-state index contributed by atoms with van der Waals surface area (Å²) < 4.78 is 5.65. The minimum atomic E-state index is -0.489. The van der Waals surface area contributed by atoms with Crippen LogP contribution in [0.4, 0.5) is 0 Å². The van der Waals surface area contributed by atoms with Gasteiger partial charge in [0.15, 0.2) is 0 Å². The van der Waals surface area contributed by atoms with Crippen LogP contribution < -0.4 is 11.3 Å². The van der Waals surface area contributed by atoms with Crippen LogP contribution in [0.25, 0.3) is 16.8 Å². The van der Waals surface area contributed by atoms with Gasteiger partial charge in [0, 0.05) is 36.2 Å². The van der Waals surface area contributed by atoms with E-state index in [1.807, 2.05) is 55.9 Å². The third-order valence-electron chi connectivity index (χ3n) is 5.75. The molecule has 0 fully saturated rings. The van der Waals surface area contributed by atoms with E-state index in [0.29, 0.717) is 23.1 Å². The zero-order chi connectivity index (χ0) is 21.3. The maximum absolute atomic E-state index is 13.6. The second kappa shape index (κ2) is 8.15. The molecule has 0 atom stereocenters. The summed E-state index contributed by atoms with van der Waals surface area (Å²) in [6.45, 7) is 8.84. The number of benzene rings is 1. The van der Waals surface area contributed by atoms with E-state index < -0.39 is 5.91 Å². The largest absolute Gasteiger partial charge is 0.366 e. The van der Waals surface area contributed by atoms with Crippen LogP contribution in [-0.2, 0) is 20.0 Å². The Hall–Kier alpha value is -3.02. The molecule has 0 bridgehead atoms. The van der Waals surface area contributed by atoms with Crippen LogP contribution in [0.2, 0.25) is 0 Å². The molecular weight excluding hydrogens is 364 g/mol. The first-order valence-electron chi connectivity index (χ1n) is 10.2. The summed E-state index contributed by atoms with van der Waals surface area (Å²) in [6, 6.07) is 9.53. The normalized spacial score (nSPS) is 11.2. The van der Waals surface area contributed by atoms with Crippen molar-refractivity contribution in [3.05, 3.63) is 63.3 Å². The van der Waals surface area contributed by atoms with Crippen LogP contribution in [0.5, 0.6) is 0 Å². The third kappa shape index (κ3) is 3.33. The van der Waals surface area contributed by atoms with Crippen LogP contribution in [0, 0.1) is 13.8 Å². The molecule has 1 amide bonds. The van der Waals surface area contributed by atoms with Crippen molar-refractivity contribution in [3.63, 3.8) is 0 Å². The van der Waals surface area contributed by atoms with Gasteiger partial charge in [0.25, 0.3) is 11.5 Å². The Morgan fingerprint density at radius 2 is 1.69 bits per heavy atom. The Bertz CT molecular complexity index is 1100. The smallest absolute Gasteiger partial charge is 0.279 e. The van der Waals surface area contributed by atoms with Crippen LogP contribution in [0.1, 0.15) is 54.1 Å². The monoisotopic (exact) mass is 394 g/mol. The number of unbranched alkanes of at least 4 members (excludes halogenated alkanes) is 1. The number of hydrogen-bond acceptors (Lipinski definition) is 2. The fraction of sp³-hybridized carbons (Fsp3) is 0.391. The molecule has 3 aromatic rings. The second-order valence-electron chi connectivity index (χ2n) is 7.44. The maximum Gasteiger partial charge on any atom is 0.279 e. The SMILES string of the molecule is CCCCn1c(C)c(C(N)=O)c(-c2c(C)n(C)n(-c3ccccc3)c2=O)c1CC. The Morgan fingerprint density at radius 3 is 2.24 bits per heavy atom. The van der Waals surface area contributed by atoms with Crippen molar-refractivity contribution in [1.82, 2.24) is 13.9 Å². The number of aromatic nitrogens is 3. The highest BCUT2D eigenvalue weighted by Crippen LogP contribution is 2.34. The predicted molar refractivity (Wildman–Crippen MR) is 117 cm³/mol. The van der Waals surface area contributed by atoms with Gasteiger partial charge in [-0.25, -0.2) is 4.68 Å². The van der Waals surface area contributed by atoms with Gasteiger partial charge in [-0.1, -0.05) is 38.5 Å². The summed E-state index contributed by atoms with van der Waals surface area (Å²) in [7, 11) is 1.86. The average molecular weight is 395 g/mol. The Balaban J connectivity index is 2.38. The lowest BCUT2D eigenvalue weighted by Crippen LogP contribution is -2.20. The molecule has 0 aliphatic heterocycles. The number of hydrogen-bond donors (Lipinski definition) is 1. The van der Waals surface area contributed by atoms with Crippen molar-refractivity contribution in [2.45, 2.75) is 53.5 Å². The minimum Gasteiger partial charge on any atom is -0.366 e. The lowest BCUT2D eigenvalue weighted by Gasteiger charge is -2.10. The van der Waals surface area contributed by atoms with E-state index in [4.69, 9.17) is 5.73 Å². The molecule has 0 saturated carbocycles. The Kier molecular flexibility index (Phi) is 5.82. The van der Waals surface area contributed by atoms with Gasteiger partial charge in [0.05, 0.1) is 16.8 Å². The molecule has 3 rings (SSSR count). The molecule has 6 nitrogen and oxygen atoms in total. The summed E-state index contributed by atoms with van der Waals surface area (Å²) >= 11 is 0. The molecule has 0 saturated heterocycles. The molecule has 0 radical (unpaired) electrons. The molecular formula is C23H30N4O2. The predicted octanol–water partition coefficient (Wildman–Crippen LogP) is 3.72. The minimum absolute atomic E-state index is 0.138. The van der Waals surface area contributed by atoms with Crippen molar-refractivity contribution in [1.29, 1.82) is 0 Å². The molecule has 6 heteroatoms. The standard InChI is InChI=1S/C23H30N4O2/c1-6-8-14-26-16(4)19(22(24)28)21(18(26)7-2)20-15(3)25(5)27(23(20)29)17-12-10-9-11-13-17/h9-13H,6-8,14H2,1-5H3,(H2,24,28). The van der Waals surface area contributed by atoms with Gasteiger partial charge in [-0.15, -0.1) is 0 Å². The molecule has 0 spiro atoms. The number of carbonyl (C=O) groups excluding carboxylic acids is 1. The number of amides is 1. The van der Waals surface area contributed by atoms with E-state index in [2.05, 4.69) is 18.4 Å². The average Bonchev–Trinajstić information content (AvgIpc) is 3.10. The Labute approximate surface area is 171 Å². The van der Waals surface area contributed by atoms with Gasteiger partial charge in [0.2, 0.25) is 0 Å². The number of primary amides is 1. The van der Waals surface area contributed by atoms with E-state index in [0.717, 1.165) is 42.2 Å². The maximum atomic E-state index is 13.6. The van der Waals surface area contributed by atoms with E-state index in [1.165, 1.54) is 0 Å². The molecule has 0 aliphatic carbocycles. The molecule has 0 unspecified atom stereocenters. The van der Waals surface area contributed by atoms with Crippen LogP contribution in [-0.4, -0.2) is 19.8 Å². The van der Waals surface area contributed by atoms with Crippen molar-refractivity contribution < 1.29 is 4.79 Å². The number of nitrogens with two attached hydrogens (primary N) is 1. The highest BCUT2D eigenvalue weighted by molar-refractivity contribution is 6.02. The first kappa shape index (κ1) is 20.7. The lowest BCUT2D eigenvalue weighted by atomic mass is 9.99. The second-order valence-corrected chi connectivity index (χ2v) is 7.44. The lowest BCUT2D eigenvalue weighted by molar-refractivity contribution is 0.1000. The first-order valence-corrected chi connectivity index (χ1v) is 10.2. The molecule has 154 valence electrons. The fourth-order valence-electron chi connectivity index (χ4n) is 4.21. The summed E-state index contributed by atoms with van der Waals surface area (Å²) in [5, 5.41) is 0. The van der Waals surface area contributed by atoms with E-state index in [9.17, 15) is 9.59 Å². The summed E-state index contributed by atoms with van der Waals surface area (Å²) in [4.78, 5) is 26.0. The molecule has 29 heavy (non-hydrogen) atoms. The van der Waals surface area contributed by atoms with Crippen molar-refractivity contribution in [2.75, 3.05) is 0 Å². The van der Waals surface area contributed by atoms with Crippen molar-refractivity contribution in [2.24, 2.45) is 12.8 Å². The molecule has 1 aromatic carbocycles. The number of carbonyl (C=O) groups is 1. The van der Waals surface area contributed by atoms with Gasteiger partial charge in [0.1, 0.15) is 0 Å². The van der Waals surface area contributed by atoms with E-state index in [-0.39, 0.29) is 5.56 Å². The summed E-state index contributed by atoms with van der Waals surface area (Å²) in [6.07, 6.45) is 2.77. The topological polar surface area (TPSA) is 74.9 Å². The molecule has 2 heterocycles. The van der Waals surface area contributed by atoms with Gasteiger partial charge in [-0.05, 0) is 38.8 Å². The first-order chi connectivity index (χ1) is 13.8. The molecule has 0 aliphatic rings. The third-order valence-corrected chi connectivity index (χ3v) is 5.75. The van der Waals surface area contributed by atoms with E-state index >= 15 is 0 Å². The number of para-hydroxylation sites is 1. The zero-order valence-corrected chi connectivity index (χ0v) is 18.0. The fourth-order valence-corrected chi connectivity index (χ4v) is 4.21. The Morgan fingerprint density at radius 1 is 1.03 bits per heavy atom. The highest BCUT2D eigenvalue weighted by Gasteiger charge is 2.29. The van der Waals surface area contributed by atoms with Crippen LogP contribution in [0.3, 0.4) is 0 Å². The highest BCUT2D eigenvalue weighted by atomic mass is 16.1. The molecule has 2 N–H and O–H groups in total. The van der Waals surface area contributed by atoms with Gasteiger partial charge < -0.3 is 10.3 Å². The molecule has 2 aromatic heterocycles. The van der Waals surface area contributed by atoms with Crippen molar-refractivity contribution in [3.8, 4) is 16.8 Å². The zero-order valence-electron chi connectivity index (χ0n) is 18.0. The van der Waals surface area contributed by atoms with Gasteiger partial charge >= 0.3 is 0 Å². The summed E-state index contributed by atoms with van der Waals surface area (Å²) in [5.74, 6) is -0.489. The van der Waals surface area contributed by atoms with Crippen LogP contribution in [0.15, 0.2) is 35.1 Å². The van der Waals surface area contributed by atoms with Gasteiger partial charge in [-0.2, -0.15) is 0 Å². The number of nitrogens with zero attached hydrogens (tertiary/aromatic N) is 3.